The molecule has 2 heteroatoms. The number of anilines is 6. The van der Waals surface area contributed by atoms with Gasteiger partial charge in [-0.2, -0.15) is 0 Å². The first-order chi connectivity index (χ1) is 55.5. The molecule has 0 amide bonds. The van der Waals surface area contributed by atoms with Gasteiger partial charge in [0.1, 0.15) is 0 Å². The number of nitrogens with zero attached hydrogens (tertiary/aromatic N) is 2. The summed E-state index contributed by atoms with van der Waals surface area (Å²) in [4.78, 5) is 4.96. The lowest BCUT2D eigenvalue weighted by atomic mass is 9.70. The molecule has 1 unspecified atom stereocenters. The first-order valence-corrected chi connectivity index (χ1v) is 39.8. The summed E-state index contributed by atoms with van der Waals surface area (Å²) in [6.07, 6.45) is 0. The summed E-state index contributed by atoms with van der Waals surface area (Å²) in [5.74, 6) is 0. The summed E-state index contributed by atoms with van der Waals surface area (Å²) in [7, 11) is 0. The summed E-state index contributed by atoms with van der Waals surface area (Å²) >= 11 is 0. The number of hydrogen-bond donors (Lipinski definition) is 0. The molecule has 1 atom stereocenters. The van der Waals surface area contributed by atoms with Crippen LogP contribution >= 0.6 is 0 Å². The Kier molecular flexibility index (Phi) is 15.7. The second kappa shape index (κ2) is 26.3. The lowest BCUT2D eigenvalue weighted by molar-refractivity contribution is 0.660. The van der Waals surface area contributed by atoms with Crippen LogP contribution in [-0.4, -0.2) is 0 Å². The predicted octanol–water partition coefficient (Wildman–Crippen LogP) is 29.3. The van der Waals surface area contributed by atoms with E-state index < -0.39 is 5.41 Å². The van der Waals surface area contributed by atoms with Crippen molar-refractivity contribution in [1.82, 2.24) is 0 Å². The number of rotatable bonds is 11. The molecule has 1 spiro atoms. The summed E-state index contributed by atoms with van der Waals surface area (Å²) in [6, 6.07) is 151. The molecule has 0 fully saturated rings. The molecular weight excluding hydrogens is 1360 g/mol. The van der Waals surface area contributed by atoms with Gasteiger partial charge in [-0.15, -0.1) is 0 Å². The zero-order chi connectivity index (χ0) is 75.7. The van der Waals surface area contributed by atoms with Crippen LogP contribution in [0.4, 0.5) is 34.1 Å². The van der Waals surface area contributed by atoms with E-state index in [-0.39, 0.29) is 16.2 Å². The predicted molar refractivity (Wildman–Crippen MR) is 473 cm³/mol. The molecule has 0 bridgehead atoms. The van der Waals surface area contributed by atoms with Crippen LogP contribution in [0.2, 0.25) is 0 Å². The fraction of sp³-hybridized carbons (Fsp3) is 0.0811. The van der Waals surface area contributed by atoms with E-state index >= 15 is 0 Å². The molecule has 0 radical (unpaired) electrons. The van der Waals surface area contributed by atoms with Crippen molar-refractivity contribution in [3.8, 4) is 100 Å². The molecule has 17 aromatic rings. The minimum atomic E-state index is -0.405. The molecule has 0 aromatic heterocycles. The van der Waals surface area contributed by atoms with E-state index in [1.807, 2.05) is 0 Å². The molecule has 0 aliphatic heterocycles. The lowest BCUT2D eigenvalue weighted by Crippen LogP contribution is -2.25. The molecule has 0 N–H and O–H groups in total. The molecule has 17 aromatic carbocycles. The smallest absolute Gasteiger partial charge is 0.0725 e. The summed E-state index contributed by atoms with van der Waals surface area (Å²) < 4.78 is 0. The third kappa shape index (κ3) is 10.3. The van der Waals surface area contributed by atoms with Gasteiger partial charge in [0.05, 0.1) is 16.8 Å². The van der Waals surface area contributed by atoms with Crippen molar-refractivity contribution in [1.29, 1.82) is 0 Å². The van der Waals surface area contributed by atoms with Crippen LogP contribution in [0, 0.1) is 0 Å². The van der Waals surface area contributed by atoms with Crippen molar-refractivity contribution >= 4 is 34.1 Å². The molecule has 22 rings (SSSR count). The summed E-state index contributed by atoms with van der Waals surface area (Å²) in [6.45, 7) is 11.9. The molecule has 0 saturated carbocycles. The van der Waals surface area contributed by atoms with Gasteiger partial charge in [0, 0.05) is 50.1 Å². The second-order valence-electron chi connectivity index (χ2n) is 32.2. The van der Waals surface area contributed by atoms with Crippen molar-refractivity contribution in [3.05, 3.63) is 468 Å². The van der Waals surface area contributed by atoms with E-state index in [0.29, 0.717) is 0 Å². The topological polar surface area (TPSA) is 6.48 Å². The maximum absolute atomic E-state index is 2.49. The van der Waals surface area contributed by atoms with Crippen molar-refractivity contribution < 1.29 is 0 Å². The normalized spacial score (nSPS) is 15.0. The summed E-state index contributed by atoms with van der Waals surface area (Å²) in [5.41, 5.74) is 43.7. The summed E-state index contributed by atoms with van der Waals surface area (Å²) in [5, 5.41) is 0. The highest BCUT2D eigenvalue weighted by atomic mass is 15.2. The van der Waals surface area contributed by atoms with Crippen LogP contribution in [0.5, 0.6) is 0 Å². The Balaban J connectivity index is 0.000000143. The second-order valence-corrected chi connectivity index (χ2v) is 32.2. The highest BCUT2D eigenvalue weighted by Crippen LogP contribution is 2.65. The standard InChI is InChI=1S/C58H41N.C53H41N/c1-57(2)49-25-11-6-19-42(49)45-36-35-41(37-54(45)57)59(40-33-31-39(32-34-40)38-17-4-3-5-18-38)55-30-15-10-22-46(55)47-24-16-29-53-56(47)48-23-9-14-28-52(48)58(53)50-26-12-7-20-43(50)44-21-8-13-27-51(44)58;1-52(2)46-25-13-10-21-41(46)42-34-33-40(35-49(42)52)54(39-31-29-37(30-32-39)36-17-6-4-7-18-36)50-28-15-12-22-43(50)44-24-16-27-48-51(44)45-23-11-14-26-47(45)53(48,3)38-19-8-5-9-20-38/h3-37H,1-2H3;4-35H,1-3H3. The van der Waals surface area contributed by atoms with E-state index in [4.69, 9.17) is 0 Å². The maximum atomic E-state index is 2.49. The van der Waals surface area contributed by atoms with E-state index in [1.165, 1.54) is 161 Å². The van der Waals surface area contributed by atoms with Gasteiger partial charge < -0.3 is 9.80 Å². The largest absolute Gasteiger partial charge is 0.310 e. The number of hydrogen-bond acceptors (Lipinski definition) is 2. The van der Waals surface area contributed by atoms with Crippen molar-refractivity contribution in [2.45, 2.75) is 56.3 Å². The highest BCUT2D eigenvalue weighted by molar-refractivity contribution is 6.04. The van der Waals surface area contributed by atoms with Gasteiger partial charge in [-0.05, 0) is 218 Å². The Morgan fingerprint density at radius 2 is 0.460 bits per heavy atom. The van der Waals surface area contributed by atoms with E-state index in [0.717, 1.165) is 34.1 Å². The van der Waals surface area contributed by atoms with Gasteiger partial charge in [-0.3, -0.25) is 0 Å². The van der Waals surface area contributed by atoms with Crippen LogP contribution in [0.15, 0.2) is 406 Å². The Bertz CT molecular complexity index is 6580. The Morgan fingerprint density at radius 3 is 0.903 bits per heavy atom. The van der Waals surface area contributed by atoms with Gasteiger partial charge in [0.15, 0.2) is 0 Å². The van der Waals surface area contributed by atoms with Crippen molar-refractivity contribution in [3.63, 3.8) is 0 Å². The third-order valence-corrected chi connectivity index (χ3v) is 25.7. The number of fused-ring (bicyclic) bond motifs is 19. The minimum Gasteiger partial charge on any atom is -0.310 e. The number of benzene rings is 17. The van der Waals surface area contributed by atoms with Crippen LogP contribution < -0.4 is 9.80 Å². The fourth-order valence-corrected chi connectivity index (χ4v) is 20.4. The first kappa shape index (κ1) is 67.5. The fourth-order valence-electron chi connectivity index (χ4n) is 20.4. The van der Waals surface area contributed by atoms with E-state index in [1.54, 1.807) is 0 Å². The first-order valence-electron chi connectivity index (χ1n) is 39.8. The Labute approximate surface area is 663 Å². The average molecular weight is 1440 g/mol. The molecule has 5 aliphatic carbocycles. The average Bonchev–Trinajstić information content (AvgIpc) is 1.50. The lowest BCUT2D eigenvalue weighted by Gasteiger charge is -2.31. The number of para-hydroxylation sites is 2. The molecule has 2 nitrogen and oxygen atoms in total. The van der Waals surface area contributed by atoms with Crippen LogP contribution in [0.25, 0.3) is 100 Å². The zero-order valence-electron chi connectivity index (χ0n) is 64.1. The SMILES string of the molecule is CC1(C)c2ccccc2-c2ccc(N(c3ccc(-c4ccccc4)cc3)c3ccccc3-c3cccc4c3-c3ccccc3C4(C)c3ccccc3)cc21.CC1(C)c2ccccc2-c2ccc(N(c3ccc(-c4ccccc4)cc3)c3ccccc3-c3cccc4c3-c3ccccc3C43c4ccccc4-c4ccccc43)cc21. The van der Waals surface area contributed by atoms with E-state index in [9.17, 15) is 0 Å². The van der Waals surface area contributed by atoms with E-state index in [2.05, 4.69) is 451 Å². The molecule has 0 saturated heterocycles. The Hall–Kier alpha value is -13.7. The van der Waals surface area contributed by atoms with Crippen molar-refractivity contribution in [2.75, 3.05) is 9.80 Å². The van der Waals surface area contributed by atoms with Gasteiger partial charge in [0.2, 0.25) is 0 Å². The van der Waals surface area contributed by atoms with Crippen LogP contribution in [-0.2, 0) is 21.7 Å². The van der Waals surface area contributed by atoms with Gasteiger partial charge in [0.25, 0.3) is 0 Å². The van der Waals surface area contributed by atoms with Crippen LogP contribution in [0.3, 0.4) is 0 Å². The third-order valence-electron chi connectivity index (χ3n) is 25.7. The minimum absolute atomic E-state index is 0.115. The molecule has 0 heterocycles. The molecule has 5 aliphatic rings. The van der Waals surface area contributed by atoms with Crippen molar-refractivity contribution in [2.24, 2.45) is 0 Å². The molecule has 536 valence electrons. The van der Waals surface area contributed by atoms with Crippen LogP contribution in [0.1, 0.15) is 95.8 Å². The highest BCUT2D eigenvalue weighted by Gasteiger charge is 2.52. The quantitative estimate of drug-likeness (QED) is 0.127. The van der Waals surface area contributed by atoms with Gasteiger partial charge in [-0.25, -0.2) is 0 Å². The zero-order valence-corrected chi connectivity index (χ0v) is 64.1. The molecular formula is C111H82N2. The maximum Gasteiger partial charge on any atom is 0.0725 e. The monoisotopic (exact) mass is 1440 g/mol. The Morgan fingerprint density at radius 1 is 0.177 bits per heavy atom. The van der Waals surface area contributed by atoms with Gasteiger partial charge in [-0.1, -0.05) is 373 Å². The van der Waals surface area contributed by atoms with Gasteiger partial charge >= 0.3 is 0 Å². The molecule has 113 heavy (non-hydrogen) atoms.